The highest BCUT2D eigenvalue weighted by Gasteiger charge is 2.22. The molecule has 2 heterocycles. The summed E-state index contributed by atoms with van der Waals surface area (Å²) in [7, 11) is 0. The van der Waals surface area contributed by atoms with Gasteiger partial charge in [0.25, 0.3) is 5.91 Å². The Balaban J connectivity index is 2.07. The minimum absolute atomic E-state index is 0.103. The molecule has 0 fully saturated rings. The number of amides is 3. The normalized spacial score (nSPS) is 12.0. The van der Waals surface area contributed by atoms with Crippen LogP contribution in [0.2, 0.25) is 0 Å². The Morgan fingerprint density at radius 1 is 1.30 bits per heavy atom. The summed E-state index contributed by atoms with van der Waals surface area (Å²) in [5.41, 5.74) is -0.109. The smallest absolute Gasteiger partial charge is 0.414 e. The van der Waals surface area contributed by atoms with Crippen LogP contribution in [0.25, 0.3) is 0 Å². The van der Waals surface area contributed by atoms with E-state index in [9.17, 15) is 23.9 Å². The van der Waals surface area contributed by atoms with Crippen molar-refractivity contribution in [3.05, 3.63) is 40.9 Å². The van der Waals surface area contributed by atoms with E-state index in [1.54, 1.807) is 32.2 Å². The van der Waals surface area contributed by atoms with Gasteiger partial charge in [0.15, 0.2) is 6.23 Å². The second kappa shape index (κ2) is 10.1. The van der Waals surface area contributed by atoms with E-state index in [1.165, 1.54) is 18.3 Å². The van der Waals surface area contributed by atoms with Crippen LogP contribution in [0.15, 0.2) is 29.8 Å². The monoisotopic (exact) mass is 438 g/mol. The average molecular weight is 438 g/mol. The molecule has 0 aromatic carbocycles. The highest BCUT2D eigenvalue weighted by molar-refractivity contribution is 7.14. The molecule has 2 aromatic rings. The maximum atomic E-state index is 12.2. The number of hydrogen-bond acceptors (Lipinski definition) is 8. The van der Waals surface area contributed by atoms with Crippen LogP contribution in [0.3, 0.4) is 0 Å². The fourth-order valence-corrected chi connectivity index (χ4v) is 2.93. The summed E-state index contributed by atoms with van der Waals surface area (Å²) in [6, 6.07) is 4.51. The molecule has 4 N–H and O–H groups in total. The topological polar surface area (TPSA) is 130 Å². The summed E-state index contributed by atoms with van der Waals surface area (Å²) in [5, 5.41) is 19.8. The predicted octanol–water partition coefficient (Wildman–Crippen LogP) is 3.07. The number of alkyl halides is 1. The Kier molecular flexibility index (Phi) is 7.84. The van der Waals surface area contributed by atoms with Crippen LogP contribution in [-0.2, 0) is 9.53 Å². The molecule has 1 unspecified atom stereocenters. The number of aliphatic hydroxyl groups is 1. The molecule has 0 bridgehead atoms. The van der Waals surface area contributed by atoms with Crippen molar-refractivity contribution in [3.8, 4) is 0 Å². The zero-order valence-corrected chi connectivity index (χ0v) is 17.5. The molecule has 30 heavy (non-hydrogen) atoms. The number of imide groups is 1. The van der Waals surface area contributed by atoms with Crippen molar-refractivity contribution in [1.82, 2.24) is 10.3 Å². The number of hydrogen-bond donors (Lipinski definition) is 4. The lowest BCUT2D eigenvalue weighted by Gasteiger charge is -2.18. The Morgan fingerprint density at radius 2 is 2.03 bits per heavy atom. The van der Waals surface area contributed by atoms with E-state index in [0.29, 0.717) is 10.6 Å². The van der Waals surface area contributed by atoms with E-state index in [2.05, 4.69) is 20.4 Å². The Labute approximate surface area is 176 Å². The number of ether oxygens (including phenoxy) is 1. The average Bonchev–Trinajstić information content (AvgIpc) is 3.14. The van der Waals surface area contributed by atoms with Crippen molar-refractivity contribution >= 4 is 40.1 Å². The number of halogens is 1. The number of pyridine rings is 1. The number of carbonyl (C=O) groups is 3. The van der Waals surface area contributed by atoms with E-state index in [4.69, 9.17) is 0 Å². The summed E-state index contributed by atoms with van der Waals surface area (Å²) in [4.78, 5) is 39.8. The first-order chi connectivity index (χ1) is 14.1. The number of rotatable bonds is 7. The van der Waals surface area contributed by atoms with Gasteiger partial charge >= 0.3 is 6.09 Å². The molecule has 9 nitrogen and oxygen atoms in total. The van der Waals surface area contributed by atoms with Gasteiger partial charge in [0.2, 0.25) is 5.91 Å². The minimum atomic E-state index is -1.22. The van der Waals surface area contributed by atoms with Gasteiger partial charge in [-0.25, -0.2) is 14.2 Å². The van der Waals surface area contributed by atoms with E-state index < -0.39 is 36.9 Å². The highest BCUT2D eigenvalue weighted by Crippen LogP contribution is 2.28. The molecular formula is C19H23FN4O5S. The quantitative estimate of drug-likeness (QED) is 0.489. The lowest BCUT2D eigenvalue weighted by molar-refractivity contribution is -0.123. The first-order valence-electron chi connectivity index (χ1n) is 8.95. The van der Waals surface area contributed by atoms with Gasteiger partial charge in [-0.15, -0.1) is 11.3 Å². The number of nitrogens with one attached hydrogen (secondary N) is 3. The molecule has 0 radical (unpaired) electrons. The second-order valence-corrected chi connectivity index (χ2v) is 8.08. The van der Waals surface area contributed by atoms with Gasteiger partial charge in [0, 0.05) is 17.2 Å². The molecule has 11 heteroatoms. The fourth-order valence-electron chi connectivity index (χ4n) is 2.12. The maximum Gasteiger partial charge on any atom is 0.414 e. The standard InChI is InChI=1S/C19H23FN4O5S/c1-19(2,3)17(27)22-13-10-11(4-7-21-13)14(25)23-16-12(5-9-30-16)15(26)24-18(28)29-8-6-20/h4-5,7,9-10,14,23,25H,6,8H2,1-3H3,(H,21,22,27)(H,24,26,28). The summed E-state index contributed by atoms with van der Waals surface area (Å²) in [6.07, 6.45) is -0.854. The van der Waals surface area contributed by atoms with Gasteiger partial charge in [-0.2, -0.15) is 0 Å². The molecule has 0 saturated heterocycles. The summed E-state index contributed by atoms with van der Waals surface area (Å²) < 4.78 is 16.5. The molecule has 0 spiro atoms. The van der Waals surface area contributed by atoms with Crippen molar-refractivity contribution in [3.63, 3.8) is 0 Å². The van der Waals surface area contributed by atoms with Gasteiger partial charge in [0.1, 0.15) is 24.1 Å². The number of nitrogens with zero attached hydrogens (tertiary/aromatic N) is 1. The summed E-state index contributed by atoms with van der Waals surface area (Å²) >= 11 is 1.13. The molecule has 2 aromatic heterocycles. The Bertz CT molecular complexity index is 912. The molecule has 162 valence electrons. The lowest BCUT2D eigenvalue weighted by atomic mass is 9.96. The zero-order valence-electron chi connectivity index (χ0n) is 16.7. The van der Waals surface area contributed by atoms with Crippen molar-refractivity contribution in [2.45, 2.75) is 27.0 Å². The van der Waals surface area contributed by atoms with Crippen molar-refractivity contribution in [2.24, 2.45) is 5.41 Å². The van der Waals surface area contributed by atoms with Crippen LogP contribution in [0.5, 0.6) is 0 Å². The van der Waals surface area contributed by atoms with Crippen LogP contribution in [0.1, 0.15) is 42.9 Å². The third-order valence-corrected chi connectivity index (χ3v) is 4.57. The van der Waals surface area contributed by atoms with Crippen LogP contribution >= 0.6 is 11.3 Å². The molecule has 3 amide bonds. The fraction of sp³-hybridized carbons (Fsp3) is 0.368. The third-order valence-electron chi connectivity index (χ3n) is 3.73. The minimum Gasteiger partial charge on any atom is -0.446 e. The van der Waals surface area contributed by atoms with Crippen molar-refractivity contribution in [2.75, 3.05) is 23.9 Å². The Morgan fingerprint density at radius 3 is 2.70 bits per heavy atom. The van der Waals surface area contributed by atoms with Gasteiger partial charge in [0.05, 0.1) is 5.56 Å². The number of alkyl carbamates (subject to hydrolysis) is 1. The van der Waals surface area contributed by atoms with Crippen LogP contribution in [0, 0.1) is 5.41 Å². The van der Waals surface area contributed by atoms with Gasteiger partial charge < -0.3 is 20.5 Å². The zero-order chi connectivity index (χ0) is 22.3. The maximum absolute atomic E-state index is 12.2. The summed E-state index contributed by atoms with van der Waals surface area (Å²) in [5.74, 6) is -0.720. The molecule has 0 saturated carbocycles. The molecule has 0 aliphatic heterocycles. The number of aromatic nitrogens is 1. The van der Waals surface area contributed by atoms with Crippen LogP contribution in [0.4, 0.5) is 20.0 Å². The van der Waals surface area contributed by atoms with Gasteiger partial charge in [-0.05, 0) is 23.6 Å². The molecule has 2 rings (SSSR count). The third kappa shape index (κ3) is 6.49. The number of anilines is 2. The molecule has 0 aliphatic rings. The highest BCUT2D eigenvalue weighted by atomic mass is 32.1. The van der Waals surface area contributed by atoms with E-state index in [1.807, 2.05) is 5.32 Å². The first-order valence-corrected chi connectivity index (χ1v) is 9.83. The van der Waals surface area contributed by atoms with E-state index >= 15 is 0 Å². The van der Waals surface area contributed by atoms with E-state index in [0.717, 1.165) is 11.3 Å². The van der Waals surface area contributed by atoms with Gasteiger partial charge in [-0.3, -0.25) is 14.9 Å². The van der Waals surface area contributed by atoms with Crippen molar-refractivity contribution in [1.29, 1.82) is 0 Å². The van der Waals surface area contributed by atoms with Crippen molar-refractivity contribution < 1.29 is 28.6 Å². The lowest BCUT2D eigenvalue weighted by Crippen LogP contribution is -2.31. The second-order valence-electron chi connectivity index (χ2n) is 7.17. The molecule has 0 aliphatic carbocycles. The van der Waals surface area contributed by atoms with Crippen LogP contribution < -0.4 is 16.0 Å². The summed E-state index contributed by atoms with van der Waals surface area (Å²) in [6.45, 7) is 3.98. The largest absolute Gasteiger partial charge is 0.446 e. The SMILES string of the molecule is CC(C)(C)C(=O)Nc1cc(C(O)Nc2sccc2C(=O)NC(=O)OCCF)ccn1. The Hall–Kier alpha value is -3.05. The molecular weight excluding hydrogens is 415 g/mol. The predicted molar refractivity (Wildman–Crippen MR) is 110 cm³/mol. The van der Waals surface area contributed by atoms with Gasteiger partial charge in [-0.1, -0.05) is 20.8 Å². The molecule has 1 atom stereocenters. The number of carbonyl (C=O) groups excluding carboxylic acids is 3. The van der Waals surface area contributed by atoms with Crippen LogP contribution in [-0.4, -0.2) is 41.3 Å². The first kappa shape index (κ1) is 23.2. The van der Waals surface area contributed by atoms with E-state index in [-0.39, 0.29) is 17.3 Å². The number of thiophene rings is 1. The number of aliphatic hydroxyl groups excluding tert-OH is 1.